The normalized spacial score (nSPS) is 12.9. The third-order valence-corrected chi connectivity index (χ3v) is 5.15. The molecule has 0 amide bonds. The van der Waals surface area contributed by atoms with Crippen molar-refractivity contribution in [1.29, 1.82) is 0 Å². The molecule has 1 unspecified atom stereocenters. The van der Waals surface area contributed by atoms with Gasteiger partial charge in [0.15, 0.2) is 9.84 Å². The van der Waals surface area contributed by atoms with Crippen molar-refractivity contribution in [3.8, 4) is 0 Å². The van der Waals surface area contributed by atoms with Crippen LogP contribution in [0.1, 0.15) is 18.5 Å². The lowest BCUT2D eigenvalue weighted by molar-refractivity contribution is 0.602. The Morgan fingerprint density at radius 2 is 1.57 bits per heavy atom. The second-order valence-corrected chi connectivity index (χ2v) is 7.83. The first-order valence-corrected chi connectivity index (χ1v) is 9.72. The number of rotatable bonds is 5. The molecule has 0 spiro atoms. The molecule has 2 aromatic carbocycles. The number of benzene rings is 2. The second-order valence-electron chi connectivity index (χ2n) is 4.94. The van der Waals surface area contributed by atoms with Crippen LogP contribution in [-0.4, -0.2) is 20.9 Å². The van der Waals surface area contributed by atoms with Crippen LogP contribution in [0, 0.1) is 0 Å². The molecule has 0 saturated heterocycles. The summed E-state index contributed by atoms with van der Waals surface area (Å²) in [6, 6.07) is 15.4. The van der Waals surface area contributed by atoms with Gasteiger partial charge >= 0.3 is 0 Å². The molecule has 0 fully saturated rings. The van der Waals surface area contributed by atoms with Gasteiger partial charge in [-0.3, -0.25) is 0 Å². The summed E-state index contributed by atoms with van der Waals surface area (Å²) in [6.07, 6.45) is 3.27. The van der Waals surface area contributed by atoms with Gasteiger partial charge in [0.1, 0.15) is 0 Å². The molecule has 0 aliphatic carbocycles. The van der Waals surface area contributed by atoms with Gasteiger partial charge in [-0.1, -0.05) is 12.1 Å². The summed E-state index contributed by atoms with van der Waals surface area (Å²) in [6.45, 7) is 2.08. The lowest BCUT2D eigenvalue weighted by atomic mass is 10.1. The highest BCUT2D eigenvalue weighted by atomic mass is 32.2. The van der Waals surface area contributed by atoms with E-state index in [1.165, 1.54) is 16.7 Å². The summed E-state index contributed by atoms with van der Waals surface area (Å²) in [4.78, 5) is 1.58. The summed E-state index contributed by atoms with van der Waals surface area (Å²) < 4.78 is 22.9. The summed E-state index contributed by atoms with van der Waals surface area (Å²) >= 11 is 1.72. The Hall–Kier alpha value is -1.46. The zero-order valence-electron chi connectivity index (χ0n) is 12.3. The van der Waals surface area contributed by atoms with E-state index in [0.717, 1.165) is 5.69 Å². The topological polar surface area (TPSA) is 46.2 Å². The van der Waals surface area contributed by atoms with Crippen LogP contribution in [0.4, 0.5) is 5.69 Å². The smallest absolute Gasteiger partial charge is 0.175 e. The summed E-state index contributed by atoms with van der Waals surface area (Å²) in [7, 11) is -3.14. The minimum absolute atomic E-state index is 0.157. The van der Waals surface area contributed by atoms with E-state index in [9.17, 15) is 8.42 Å². The molecular formula is C16H19NO2S2. The number of hydrogen-bond acceptors (Lipinski definition) is 4. The zero-order valence-corrected chi connectivity index (χ0v) is 14.0. The van der Waals surface area contributed by atoms with Crippen molar-refractivity contribution in [3.05, 3.63) is 54.1 Å². The molecule has 2 rings (SSSR count). The molecule has 0 bridgehead atoms. The van der Waals surface area contributed by atoms with Gasteiger partial charge < -0.3 is 5.32 Å². The number of hydrogen-bond donors (Lipinski definition) is 1. The van der Waals surface area contributed by atoms with E-state index in [2.05, 4.69) is 42.8 Å². The van der Waals surface area contributed by atoms with Crippen molar-refractivity contribution >= 4 is 27.3 Å². The van der Waals surface area contributed by atoms with Crippen molar-refractivity contribution in [1.82, 2.24) is 0 Å². The van der Waals surface area contributed by atoms with Crippen molar-refractivity contribution < 1.29 is 8.42 Å². The molecule has 0 saturated carbocycles. The van der Waals surface area contributed by atoms with Gasteiger partial charge in [-0.2, -0.15) is 0 Å². The average molecular weight is 321 g/mol. The quantitative estimate of drug-likeness (QED) is 0.846. The second kappa shape index (κ2) is 6.54. The summed E-state index contributed by atoms with van der Waals surface area (Å²) in [5.41, 5.74) is 2.10. The first-order chi connectivity index (χ1) is 9.90. The largest absolute Gasteiger partial charge is 0.379 e. The number of anilines is 1. The standard InChI is InChI=1S/C16H19NO2S2/c1-12(13-4-8-15(20-2)9-5-13)17-14-6-10-16(11-7-14)21(3,18)19/h4-12,17H,1-3H3. The van der Waals surface area contributed by atoms with Crippen LogP contribution in [-0.2, 0) is 9.84 Å². The summed E-state index contributed by atoms with van der Waals surface area (Å²) in [5.74, 6) is 0. The molecule has 0 aromatic heterocycles. The van der Waals surface area contributed by atoms with Crippen molar-refractivity contribution in [2.24, 2.45) is 0 Å². The molecule has 21 heavy (non-hydrogen) atoms. The van der Waals surface area contributed by atoms with Crippen molar-refractivity contribution in [2.75, 3.05) is 17.8 Å². The van der Waals surface area contributed by atoms with Gasteiger partial charge in [-0.05, 0) is 55.1 Å². The predicted octanol–water partition coefficient (Wildman–Crippen LogP) is 3.99. The minimum atomic E-state index is -3.14. The Labute approximate surface area is 130 Å². The maximum absolute atomic E-state index is 11.4. The third-order valence-electron chi connectivity index (χ3n) is 3.28. The molecule has 0 aliphatic rings. The van der Waals surface area contributed by atoms with Gasteiger partial charge in [0.05, 0.1) is 4.90 Å². The van der Waals surface area contributed by atoms with Crippen LogP contribution in [0.2, 0.25) is 0 Å². The van der Waals surface area contributed by atoms with Crippen LogP contribution in [0.3, 0.4) is 0 Å². The fraction of sp³-hybridized carbons (Fsp3) is 0.250. The van der Waals surface area contributed by atoms with Gasteiger partial charge in [-0.15, -0.1) is 11.8 Å². The minimum Gasteiger partial charge on any atom is -0.379 e. The summed E-state index contributed by atoms with van der Waals surface area (Å²) in [5, 5.41) is 3.37. The van der Waals surface area contributed by atoms with E-state index < -0.39 is 9.84 Å². The monoisotopic (exact) mass is 321 g/mol. The van der Waals surface area contributed by atoms with Crippen LogP contribution in [0.15, 0.2) is 58.3 Å². The number of nitrogens with one attached hydrogen (secondary N) is 1. The highest BCUT2D eigenvalue weighted by Gasteiger charge is 2.08. The molecule has 5 heteroatoms. The van der Waals surface area contributed by atoms with Crippen LogP contribution in [0.5, 0.6) is 0 Å². The fourth-order valence-electron chi connectivity index (χ4n) is 2.02. The van der Waals surface area contributed by atoms with E-state index in [-0.39, 0.29) is 6.04 Å². The maximum atomic E-state index is 11.4. The number of sulfone groups is 1. The average Bonchev–Trinajstić information content (AvgIpc) is 2.47. The molecular weight excluding hydrogens is 302 g/mol. The Morgan fingerprint density at radius 1 is 1.00 bits per heavy atom. The SMILES string of the molecule is CSc1ccc(C(C)Nc2ccc(S(C)(=O)=O)cc2)cc1. The Bertz CT molecular complexity index is 692. The van der Waals surface area contributed by atoms with E-state index in [1.54, 1.807) is 36.0 Å². The van der Waals surface area contributed by atoms with E-state index >= 15 is 0 Å². The first kappa shape index (κ1) is 15.9. The molecule has 1 atom stereocenters. The molecule has 112 valence electrons. The lowest BCUT2D eigenvalue weighted by Crippen LogP contribution is -2.06. The zero-order chi connectivity index (χ0) is 15.5. The van der Waals surface area contributed by atoms with Gasteiger partial charge in [0.2, 0.25) is 0 Å². The van der Waals surface area contributed by atoms with Gasteiger partial charge in [-0.25, -0.2) is 8.42 Å². The van der Waals surface area contributed by atoms with E-state index in [0.29, 0.717) is 4.90 Å². The maximum Gasteiger partial charge on any atom is 0.175 e. The Kier molecular flexibility index (Phi) is 4.96. The van der Waals surface area contributed by atoms with E-state index in [1.807, 2.05) is 0 Å². The lowest BCUT2D eigenvalue weighted by Gasteiger charge is -2.16. The van der Waals surface area contributed by atoms with Gasteiger partial charge in [0, 0.05) is 22.9 Å². The first-order valence-electron chi connectivity index (χ1n) is 6.61. The Morgan fingerprint density at radius 3 is 2.05 bits per heavy atom. The third kappa shape index (κ3) is 4.25. The Balaban J connectivity index is 2.10. The van der Waals surface area contributed by atoms with Crippen LogP contribution < -0.4 is 5.32 Å². The predicted molar refractivity (Wildman–Crippen MR) is 89.8 cm³/mol. The number of thioether (sulfide) groups is 1. The highest BCUT2D eigenvalue weighted by molar-refractivity contribution is 7.98. The molecule has 2 aromatic rings. The van der Waals surface area contributed by atoms with Gasteiger partial charge in [0.25, 0.3) is 0 Å². The molecule has 3 nitrogen and oxygen atoms in total. The molecule has 1 N–H and O–H groups in total. The van der Waals surface area contributed by atoms with Crippen molar-refractivity contribution in [3.63, 3.8) is 0 Å². The molecule has 0 radical (unpaired) electrons. The van der Waals surface area contributed by atoms with E-state index in [4.69, 9.17) is 0 Å². The molecule has 0 heterocycles. The van der Waals surface area contributed by atoms with Crippen LogP contribution in [0.25, 0.3) is 0 Å². The van der Waals surface area contributed by atoms with Crippen LogP contribution >= 0.6 is 11.8 Å². The highest BCUT2D eigenvalue weighted by Crippen LogP contribution is 2.23. The van der Waals surface area contributed by atoms with Crippen molar-refractivity contribution in [2.45, 2.75) is 22.8 Å². The fourth-order valence-corrected chi connectivity index (χ4v) is 3.06. The molecule has 0 aliphatic heterocycles.